The van der Waals surface area contributed by atoms with Crippen LogP contribution in [0.4, 0.5) is 5.69 Å². The maximum Gasteiger partial charge on any atom is 0.201 e. The third-order valence-electron chi connectivity index (χ3n) is 4.85. The molecule has 5 heteroatoms. The summed E-state index contributed by atoms with van der Waals surface area (Å²) in [7, 11) is 1.95. The molecule has 132 valence electrons. The Balaban J connectivity index is 2.10. The van der Waals surface area contributed by atoms with Gasteiger partial charge < -0.3 is 5.32 Å². The van der Waals surface area contributed by atoms with E-state index in [0.717, 1.165) is 46.6 Å². The molecule has 0 atom stereocenters. The zero-order chi connectivity index (χ0) is 18.3. The van der Waals surface area contributed by atoms with E-state index in [0.29, 0.717) is 0 Å². The predicted molar refractivity (Wildman–Crippen MR) is 112 cm³/mol. The van der Waals surface area contributed by atoms with Gasteiger partial charge in [-0.25, -0.2) is 9.56 Å². The summed E-state index contributed by atoms with van der Waals surface area (Å²) >= 11 is 1.80. The second-order valence-electron chi connectivity index (χ2n) is 6.41. The fourth-order valence-corrected chi connectivity index (χ4v) is 4.50. The molecule has 0 saturated heterocycles. The van der Waals surface area contributed by atoms with Crippen molar-refractivity contribution in [2.75, 3.05) is 25.5 Å². The lowest BCUT2D eigenvalue weighted by Crippen LogP contribution is -2.29. The summed E-state index contributed by atoms with van der Waals surface area (Å²) in [6.07, 6.45) is 0. The number of benzene rings is 2. The average molecular weight is 364 g/mol. The summed E-state index contributed by atoms with van der Waals surface area (Å²) in [6, 6.07) is 12.9. The maximum absolute atomic E-state index is 4.99. The molecule has 0 bridgehead atoms. The number of anilines is 1. The molecular formula is C21H23N4S+. The van der Waals surface area contributed by atoms with Gasteiger partial charge in [0.05, 0.1) is 32.0 Å². The third kappa shape index (κ3) is 2.72. The fraction of sp³-hybridized carbons (Fsp3) is 0.286. The molecule has 4 nitrogen and oxygen atoms in total. The number of pyridine rings is 1. The van der Waals surface area contributed by atoms with Crippen LogP contribution in [0.3, 0.4) is 0 Å². The number of aryl methyl sites for hydroxylation is 1. The minimum Gasteiger partial charge on any atom is -0.386 e. The van der Waals surface area contributed by atoms with Crippen molar-refractivity contribution < 1.29 is 0 Å². The van der Waals surface area contributed by atoms with Crippen molar-refractivity contribution in [3.8, 4) is 10.6 Å². The van der Waals surface area contributed by atoms with Crippen molar-refractivity contribution in [1.29, 1.82) is 0 Å². The molecule has 0 amide bonds. The summed E-state index contributed by atoms with van der Waals surface area (Å²) in [5.41, 5.74) is 5.12. The first-order valence-electron chi connectivity index (χ1n) is 9.05. The van der Waals surface area contributed by atoms with Gasteiger partial charge >= 0.3 is 0 Å². The molecule has 0 saturated carbocycles. The van der Waals surface area contributed by atoms with Gasteiger partial charge in [-0.05, 0) is 45.0 Å². The molecule has 1 aliphatic heterocycles. The lowest BCUT2D eigenvalue weighted by atomic mass is 10.1. The van der Waals surface area contributed by atoms with Gasteiger partial charge in [-0.2, -0.15) is 0 Å². The first-order valence-corrected chi connectivity index (χ1v) is 9.87. The van der Waals surface area contributed by atoms with Crippen LogP contribution in [0.25, 0.3) is 31.7 Å². The number of nitrogens with one attached hydrogen (secondary N) is 1. The lowest BCUT2D eigenvalue weighted by Gasteiger charge is -2.12. The SMILES string of the molecule is CC[N+](CC)=c1ccc2nc3c(cc(NC)c4nc(C)ccc43)sc-2c1. The van der Waals surface area contributed by atoms with Crippen molar-refractivity contribution in [2.24, 2.45) is 0 Å². The first kappa shape index (κ1) is 16.9. The van der Waals surface area contributed by atoms with Crippen LogP contribution in [0.15, 0.2) is 36.4 Å². The van der Waals surface area contributed by atoms with Crippen molar-refractivity contribution >= 4 is 38.1 Å². The van der Waals surface area contributed by atoms with Gasteiger partial charge in [0, 0.05) is 30.3 Å². The Morgan fingerprint density at radius 2 is 1.81 bits per heavy atom. The van der Waals surface area contributed by atoms with Crippen LogP contribution in [-0.4, -0.2) is 30.1 Å². The highest BCUT2D eigenvalue weighted by Crippen LogP contribution is 2.36. The van der Waals surface area contributed by atoms with Gasteiger partial charge in [0.25, 0.3) is 0 Å². The van der Waals surface area contributed by atoms with E-state index in [-0.39, 0.29) is 0 Å². The Hall–Kier alpha value is -2.53. The molecule has 1 N–H and O–H groups in total. The second kappa shape index (κ2) is 6.65. The van der Waals surface area contributed by atoms with Gasteiger partial charge in [0.1, 0.15) is 13.1 Å². The molecule has 1 aromatic heterocycles. The molecule has 1 aliphatic carbocycles. The van der Waals surface area contributed by atoms with Gasteiger partial charge in [-0.1, -0.05) is 0 Å². The predicted octanol–water partition coefficient (Wildman–Crippen LogP) is 4.11. The molecule has 0 radical (unpaired) electrons. The summed E-state index contributed by atoms with van der Waals surface area (Å²) in [6.45, 7) is 8.42. The Labute approximate surface area is 157 Å². The van der Waals surface area contributed by atoms with Crippen LogP contribution in [-0.2, 0) is 0 Å². The largest absolute Gasteiger partial charge is 0.386 e. The van der Waals surface area contributed by atoms with Crippen LogP contribution < -0.4 is 15.2 Å². The number of hydrogen-bond acceptors (Lipinski definition) is 4. The molecular weight excluding hydrogens is 340 g/mol. The topological polar surface area (TPSA) is 40.8 Å². The van der Waals surface area contributed by atoms with E-state index in [4.69, 9.17) is 9.97 Å². The average Bonchev–Trinajstić information content (AvgIpc) is 2.66. The molecule has 0 unspecified atom stereocenters. The minimum absolute atomic E-state index is 0.985. The van der Waals surface area contributed by atoms with Gasteiger partial charge in [-0.3, -0.25) is 4.98 Å². The van der Waals surface area contributed by atoms with E-state index in [9.17, 15) is 0 Å². The summed E-state index contributed by atoms with van der Waals surface area (Å²) < 4.78 is 3.54. The van der Waals surface area contributed by atoms with Gasteiger partial charge in [0.15, 0.2) is 0 Å². The molecule has 2 aliphatic rings. The number of aromatic nitrogens is 2. The van der Waals surface area contributed by atoms with E-state index < -0.39 is 0 Å². The monoisotopic (exact) mass is 363 g/mol. The van der Waals surface area contributed by atoms with Crippen LogP contribution in [0.1, 0.15) is 19.5 Å². The Kier molecular flexibility index (Phi) is 4.32. The van der Waals surface area contributed by atoms with Crippen LogP contribution in [0.2, 0.25) is 0 Å². The number of hydrogen-bond donors (Lipinski definition) is 1. The third-order valence-corrected chi connectivity index (χ3v) is 5.93. The van der Waals surface area contributed by atoms with E-state index in [1.165, 1.54) is 14.9 Å². The van der Waals surface area contributed by atoms with Gasteiger partial charge in [0.2, 0.25) is 5.36 Å². The van der Waals surface area contributed by atoms with Crippen molar-refractivity contribution in [3.63, 3.8) is 0 Å². The van der Waals surface area contributed by atoms with Crippen LogP contribution in [0.5, 0.6) is 0 Å². The second-order valence-corrected chi connectivity index (χ2v) is 7.49. The fourth-order valence-electron chi connectivity index (χ4n) is 3.44. The molecule has 26 heavy (non-hydrogen) atoms. The quantitative estimate of drug-likeness (QED) is 0.338. The van der Waals surface area contributed by atoms with E-state index in [2.05, 4.69) is 60.1 Å². The molecule has 4 rings (SSSR count). The Morgan fingerprint density at radius 3 is 2.54 bits per heavy atom. The number of nitrogens with zero attached hydrogens (tertiary/aromatic N) is 3. The molecule has 1 aromatic carbocycles. The summed E-state index contributed by atoms with van der Waals surface area (Å²) in [4.78, 5) is 10.9. The number of fused-ring (bicyclic) bond motifs is 4. The highest BCUT2D eigenvalue weighted by molar-refractivity contribution is 7.21. The number of rotatable bonds is 3. The molecule has 2 heterocycles. The first-order chi connectivity index (χ1) is 12.6. The van der Waals surface area contributed by atoms with Crippen LogP contribution in [0, 0.1) is 6.92 Å². The molecule has 0 fully saturated rings. The zero-order valence-corrected chi connectivity index (χ0v) is 16.4. The van der Waals surface area contributed by atoms with E-state index in [1.54, 1.807) is 11.3 Å². The Morgan fingerprint density at radius 1 is 1.00 bits per heavy atom. The van der Waals surface area contributed by atoms with Crippen molar-refractivity contribution in [1.82, 2.24) is 14.5 Å². The summed E-state index contributed by atoms with van der Waals surface area (Å²) in [5, 5.41) is 5.65. The standard InChI is InChI=1S/C21H22N4S/c1-5-25(6-2)14-8-10-16-18(11-14)26-19-12-17(22-4)20-15(21(19)24-16)9-7-13(3)23-20/h7-12H,5-6H2,1-4H3/p+1. The zero-order valence-electron chi connectivity index (χ0n) is 15.6. The maximum atomic E-state index is 4.99. The van der Waals surface area contributed by atoms with Crippen LogP contribution >= 0.6 is 11.3 Å². The van der Waals surface area contributed by atoms with E-state index >= 15 is 0 Å². The lowest BCUT2D eigenvalue weighted by molar-refractivity contribution is 0.626. The highest BCUT2D eigenvalue weighted by Gasteiger charge is 2.14. The Bertz CT molecular complexity index is 1150. The molecule has 0 spiro atoms. The highest BCUT2D eigenvalue weighted by atomic mass is 32.1. The van der Waals surface area contributed by atoms with Crippen molar-refractivity contribution in [2.45, 2.75) is 20.8 Å². The smallest absolute Gasteiger partial charge is 0.201 e. The molecule has 2 aromatic rings. The minimum atomic E-state index is 0.985. The normalized spacial score (nSPS) is 11.4. The summed E-state index contributed by atoms with van der Waals surface area (Å²) in [5.74, 6) is 0. The van der Waals surface area contributed by atoms with Gasteiger partial charge in [-0.15, -0.1) is 11.3 Å². The van der Waals surface area contributed by atoms with E-state index in [1.807, 2.05) is 14.0 Å². The van der Waals surface area contributed by atoms with Crippen molar-refractivity contribution in [3.05, 3.63) is 47.4 Å².